The summed E-state index contributed by atoms with van der Waals surface area (Å²) < 4.78 is 0. The topological polar surface area (TPSA) is 74.8 Å². The van der Waals surface area contributed by atoms with Crippen LogP contribution < -0.4 is 10.9 Å². The smallest absolute Gasteiger partial charge is 0.259 e. The molecule has 0 aliphatic carbocycles. The number of carbonyl (C=O) groups is 1. The van der Waals surface area contributed by atoms with Crippen LogP contribution in [-0.2, 0) is 10.5 Å². The van der Waals surface area contributed by atoms with Gasteiger partial charge < -0.3 is 10.3 Å². The van der Waals surface area contributed by atoms with Gasteiger partial charge in [0.2, 0.25) is 5.91 Å². The third-order valence-electron chi connectivity index (χ3n) is 4.85. The average Bonchev–Trinajstić information content (AvgIpc) is 2.90. The zero-order valence-electron chi connectivity index (χ0n) is 17.0. The van der Waals surface area contributed by atoms with Crippen LogP contribution in [0, 0.1) is 34.6 Å². The number of nitrogens with zero attached hydrogens (tertiary/aromatic N) is 1. The Bertz CT molecular complexity index is 1090. The first-order valence-corrected chi connectivity index (χ1v) is 11.0. The molecule has 0 radical (unpaired) electrons. The highest BCUT2D eigenvalue weighted by atomic mass is 32.2. The highest BCUT2D eigenvalue weighted by Crippen LogP contribution is 2.27. The van der Waals surface area contributed by atoms with Crippen LogP contribution in [0.4, 0.5) is 5.69 Å². The lowest BCUT2D eigenvalue weighted by molar-refractivity contribution is -0.115. The van der Waals surface area contributed by atoms with E-state index in [1.54, 1.807) is 0 Å². The third kappa shape index (κ3) is 4.15. The lowest BCUT2D eigenvalue weighted by atomic mass is 10.1. The molecule has 2 heterocycles. The molecule has 1 unspecified atom stereocenters. The van der Waals surface area contributed by atoms with Crippen LogP contribution in [0.3, 0.4) is 0 Å². The molecular weight excluding hydrogens is 390 g/mol. The van der Waals surface area contributed by atoms with Crippen molar-refractivity contribution in [3.8, 4) is 0 Å². The van der Waals surface area contributed by atoms with Gasteiger partial charge >= 0.3 is 0 Å². The second-order valence-electron chi connectivity index (χ2n) is 7.19. The quantitative estimate of drug-likeness (QED) is 0.628. The van der Waals surface area contributed by atoms with Gasteiger partial charge in [-0.3, -0.25) is 9.59 Å². The van der Waals surface area contributed by atoms with Gasteiger partial charge in [0, 0.05) is 10.6 Å². The molecule has 2 N–H and O–H groups in total. The van der Waals surface area contributed by atoms with E-state index in [2.05, 4.69) is 27.4 Å². The van der Waals surface area contributed by atoms with Gasteiger partial charge in [-0.25, -0.2) is 4.98 Å². The molecule has 3 rings (SSSR count). The van der Waals surface area contributed by atoms with Crippen molar-refractivity contribution in [1.29, 1.82) is 0 Å². The number of H-pyrrole nitrogens is 1. The predicted octanol–water partition coefficient (Wildman–Crippen LogP) is 4.79. The Morgan fingerprint density at radius 2 is 1.86 bits per heavy atom. The van der Waals surface area contributed by atoms with Gasteiger partial charge in [0.1, 0.15) is 10.7 Å². The van der Waals surface area contributed by atoms with Crippen LogP contribution in [0.15, 0.2) is 16.9 Å². The molecule has 3 aromatic rings. The van der Waals surface area contributed by atoms with E-state index < -0.39 is 0 Å². The number of aryl methyl sites for hydroxylation is 5. The molecule has 5 nitrogen and oxygen atoms in total. The van der Waals surface area contributed by atoms with Crippen molar-refractivity contribution in [3.05, 3.63) is 55.4 Å². The van der Waals surface area contributed by atoms with Crippen molar-refractivity contribution in [2.24, 2.45) is 0 Å². The zero-order chi connectivity index (χ0) is 20.6. The monoisotopic (exact) mass is 415 g/mol. The van der Waals surface area contributed by atoms with Gasteiger partial charge in [0.15, 0.2) is 0 Å². The van der Waals surface area contributed by atoms with Gasteiger partial charge in [0.25, 0.3) is 5.56 Å². The Kier molecular flexibility index (Phi) is 5.95. The summed E-state index contributed by atoms with van der Waals surface area (Å²) in [4.78, 5) is 34.3. The van der Waals surface area contributed by atoms with Crippen LogP contribution in [0.1, 0.15) is 39.9 Å². The molecular formula is C21H25N3O2S2. The van der Waals surface area contributed by atoms with Gasteiger partial charge in [-0.15, -0.1) is 23.1 Å². The fourth-order valence-corrected chi connectivity index (χ4v) is 5.05. The molecule has 1 amide bonds. The average molecular weight is 416 g/mol. The Labute approximate surface area is 173 Å². The number of thioether (sulfide) groups is 1. The third-order valence-corrected chi connectivity index (χ3v) is 7.11. The normalized spacial score (nSPS) is 12.4. The molecule has 1 aromatic carbocycles. The largest absolute Gasteiger partial charge is 0.325 e. The SMILES string of the molecule is Cc1cc(C)c(NC(=O)C(C)SCc2nc3sc(C)c(C)c3c(=O)[nH]2)c(C)c1. The first-order valence-electron chi connectivity index (χ1n) is 9.16. The Morgan fingerprint density at radius 3 is 2.50 bits per heavy atom. The Morgan fingerprint density at radius 1 is 1.21 bits per heavy atom. The molecule has 0 fully saturated rings. The number of hydrogen-bond acceptors (Lipinski definition) is 5. The molecule has 0 spiro atoms. The van der Waals surface area contributed by atoms with Crippen LogP contribution in [0.5, 0.6) is 0 Å². The minimum absolute atomic E-state index is 0.0497. The number of carbonyl (C=O) groups excluding carboxylic acids is 1. The van der Waals surface area contributed by atoms with Gasteiger partial charge in [-0.2, -0.15) is 0 Å². The van der Waals surface area contributed by atoms with E-state index in [4.69, 9.17) is 0 Å². The number of fused-ring (bicyclic) bond motifs is 1. The molecule has 148 valence electrons. The molecule has 7 heteroatoms. The molecule has 0 aliphatic heterocycles. The standard InChI is InChI=1S/C21H25N3O2S2/c1-10-7-11(2)18(12(3)8-10)24-19(25)15(6)27-9-16-22-20(26)17-13(4)14(5)28-21(17)23-16/h7-8,15H,9H2,1-6H3,(H,24,25)(H,22,23,26). The number of aromatic nitrogens is 2. The summed E-state index contributed by atoms with van der Waals surface area (Å²) >= 11 is 2.99. The minimum atomic E-state index is -0.270. The molecule has 0 saturated carbocycles. The molecule has 0 aliphatic rings. The van der Waals surface area contributed by atoms with Crippen molar-refractivity contribution < 1.29 is 4.79 Å². The summed E-state index contributed by atoms with van der Waals surface area (Å²) in [5.41, 5.74) is 5.06. The van der Waals surface area contributed by atoms with Crippen molar-refractivity contribution in [2.75, 3.05) is 5.32 Å². The number of anilines is 1. The maximum absolute atomic E-state index is 12.6. The highest BCUT2D eigenvalue weighted by Gasteiger charge is 2.17. The number of hydrogen-bond donors (Lipinski definition) is 2. The fraction of sp³-hybridized carbons (Fsp3) is 0.381. The summed E-state index contributed by atoms with van der Waals surface area (Å²) in [5, 5.41) is 3.45. The fourth-order valence-electron chi connectivity index (χ4n) is 3.25. The first kappa shape index (κ1) is 20.6. The number of nitrogens with one attached hydrogen (secondary N) is 2. The minimum Gasteiger partial charge on any atom is -0.325 e. The summed E-state index contributed by atoms with van der Waals surface area (Å²) in [6.45, 7) is 11.9. The summed E-state index contributed by atoms with van der Waals surface area (Å²) in [6.07, 6.45) is 0. The predicted molar refractivity (Wildman–Crippen MR) is 120 cm³/mol. The lowest BCUT2D eigenvalue weighted by Gasteiger charge is -2.16. The van der Waals surface area contributed by atoms with E-state index in [9.17, 15) is 9.59 Å². The number of benzene rings is 1. The van der Waals surface area contributed by atoms with E-state index in [1.165, 1.54) is 28.7 Å². The van der Waals surface area contributed by atoms with Crippen LogP contribution in [0.25, 0.3) is 10.2 Å². The Balaban J connectivity index is 1.70. The summed E-state index contributed by atoms with van der Waals surface area (Å²) in [5.74, 6) is 1.03. The van der Waals surface area contributed by atoms with Gasteiger partial charge in [-0.05, 0) is 58.2 Å². The molecule has 0 saturated heterocycles. The van der Waals surface area contributed by atoms with E-state index in [0.29, 0.717) is 17.0 Å². The van der Waals surface area contributed by atoms with Gasteiger partial charge in [-0.1, -0.05) is 17.7 Å². The maximum atomic E-state index is 12.6. The molecule has 2 aromatic heterocycles. The lowest BCUT2D eigenvalue weighted by Crippen LogP contribution is -2.24. The first-order chi connectivity index (χ1) is 13.2. The maximum Gasteiger partial charge on any atom is 0.259 e. The van der Waals surface area contributed by atoms with Crippen LogP contribution in [-0.4, -0.2) is 21.1 Å². The second-order valence-corrected chi connectivity index (χ2v) is 9.72. The van der Waals surface area contributed by atoms with Crippen molar-refractivity contribution in [2.45, 2.75) is 52.5 Å². The van der Waals surface area contributed by atoms with Crippen molar-refractivity contribution in [3.63, 3.8) is 0 Å². The second kappa shape index (κ2) is 8.09. The number of aromatic amines is 1. The molecule has 28 heavy (non-hydrogen) atoms. The van der Waals surface area contributed by atoms with E-state index in [-0.39, 0.29) is 16.7 Å². The number of thiophene rings is 1. The molecule has 1 atom stereocenters. The summed E-state index contributed by atoms with van der Waals surface area (Å²) in [6, 6.07) is 4.13. The van der Waals surface area contributed by atoms with E-state index in [1.807, 2.05) is 41.5 Å². The zero-order valence-corrected chi connectivity index (χ0v) is 18.7. The van der Waals surface area contributed by atoms with Gasteiger partial charge in [0.05, 0.1) is 16.4 Å². The van der Waals surface area contributed by atoms with Crippen molar-refractivity contribution in [1.82, 2.24) is 9.97 Å². The highest BCUT2D eigenvalue weighted by molar-refractivity contribution is 7.99. The number of rotatable bonds is 5. The van der Waals surface area contributed by atoms with E-state index >= 15 is 0 Å². The van der Waals surface area contributed by atoms with Crippen LogP contribution in [0.2, 0.25) is 0 Å². The molecule has 0 bridgehead atoms. The Hall–Kier alpha value is -2.12. The number of amides is 1. The van der Waals surface area contributed by atoms with E-state index in [0.717, 1.165) is 32.1 Å². The van der Waals surface area contributed by atoms with Crippen LogP contribution >= 0.6 is 23.1 Å². The van der Waals surface area contributed by atoms with Crippen molar-refractivity contribution >= 4 is 44.9 Å². The summed E-state index contributed by atoms with van der Waals surface area (Å²) in [7, 11) is 0.